The van der Waals surface area contributed by atoms with E-state index in [0.29, 0.717) is 6.54 Å². The van der Waals surface area contributed by atoms with Crippen LogP contribution in [0.25, 0.3) is 0 Å². The number of halogens is 1. The molecule has 0 saturated heterocycles. The number of aryl methyl sites for hydroxylation is 3. The van der Waals surface area contributed by atoms with Crippen molar-refractivity contribution in [3.05, 3.63) is 34.9 Å². The van der Waals surface area contributed by atoms with E-state index < -0.39 is 0 Å². The fraction of sp³-hybridized carbons (Fsp3) is 0.533. The van der Waals surface area contributed by atoms with Gasteiger partial charge in [-0.2, -0.15) is 10.2 Å². The predicted octanol–water partition coefficient (Wildman–Crippen LogP) is 1.30. The normalized spacial score (nSPS) is 11.3. The van der Waals surface area contributed by atoms with Crippen molar-refractivity contribution in [2.24, 2.45) is 19.1 Å². The number of hydrogen-bond donors (Lipinski definition) is 2. The highest BCUT2D eigenvalue weighted by Gasteiger charge is 2.09. The fourth-order valence-corrected chi connectivity index (χ4v) is 2.45. The van der Waals surface area contributed by atoms with Gasteiger partial charge in [0.1, 0.15) is 0 Å². The van der Waals surface area contributed by atoms with E-state index in [1.165, 1.54) is 11.3 Å². The summed E-state index contributed by atoms with van der Waals surface area (Å²) in [6.45, 7) is 5.67. The molecule has 0 radical (unpaired) electrons. The molecule has 0 amide bonds. The maximum Gasteiger partial charge on any atom is 0.191 e. The third kappa shape index (κ3) is 4.95. The first-order chi connectivity index (χ1) is 10.5. The molecule has 0 aliphatic heterocycles. The summed E-state index contributed by atoms with van der Waals surface area (Å²) < 4.78 is 3.78. The van der Waals surface area contributed by atoms with Crippen molar-refractivity contribution in [2.75, 3.05) is 13.6 Å². The standard InChI is InChI=1S/C15H25N7.HI/c1-11-14(12(2)21(4)20-11)7-8-17-15(16-3)18-10-13-6-9-19-22(13)5;/h6,9H,7-8,10H2,1-5H3,(H2,16,17,18);1H. The van der Waals surface area contributed by atoms with Gasteiger partial charge < -0.3 is 10.6 Å². The van der Waals surface area contributed by atoms with Crippen LogP contribution in [0, 0.1) is 13.8 Å². The molecule has 0 saturated carbocycles. The Bertz CT molecular complexity index is 657. The first-order valence-corrected chi connectivity index (χ1v) is 7.43. The average Bonchev–Trinajstić information content (AvgIpc) is 3.00. The Kier molecular flexibility index (Phi) is 7.53. The van der Waals surface area contributed by atoms with Crippen LogP contribution in [0.1, 0.15) is 22.6 Å². The third-order valence-corrected chi connectivity index (χ3v) is 3.91. The minimum absolute atomic E-state index is 0. The van der Waals surface area contributed by atoms with Gasteiger partial charge in [-0.3, -0.25) is 14.4 Å². The largest absolute Gasteiger partial charge is 0.356 e. The van der Waals surface area contributed by atoms with E-state index in [9.17, 15) is 0 Å². The smallest absolute Gasteiger partial charge is 0.191 e. The molecule has 0 bridgehead atoms. The molecule has 0 atom stereocenters. The summed E-state index contributed by atoms with van der Waals surface area (Å²) in [4.78, 5) is 4.24. The molecule has 7 nitrogen and oxygen atoms in total. The summed E-state index contributed by atoms with van der Waals surface area (Å²) in [6.07, 6.45) is 2.72. The van der Waals surface area contributed by atoms with Gasteiger partial charge in [0.2, 0.25) is 0 Å². The molecule has 23 heavy (non-hydrogen) atoms. The van der Waals surface area contributed by atoms with Crippen LogP contribution in [0.4, 0.5) is 0 Å². The van der Waals surface area contributed by atoms with Crippen molar-refractivity contribution in [3.63, 3.8) is 0 Å². The molecule has 2 heterocycles. The van der Waals surface area contributed by atoms with E-state index in [0.717, 1.165) is 30.3 Å². The van der Waals surface area contributed by atoms with Gasteiger partial charge in [-0.1, -0.05) is 0 Å². The van der Waals surface area contributed by atoms with E-state index in [4.69, 9.17) is 0 Å². The Hall–Kier alpha value is -1.58. The van der Waals surface area contributed by atoms with Gasteiger partial charge in [-0.15, -0.1) is 24.0 Å². The molecule has 0 unspecified atom stereocenters. The van der Waals surface area contributed by atoms with Crippen LogP contribution < -0.4 is 10.6 Å². The number of nitrogens with one attached hydrogen (secondary N) is 2. The lowest BCUT2D eigenvalue weighted by atomic mass is 10.1. The van der Waals surface area contributed by atoms with Crippen molar-refractivity contribution in [3.8, 4) is 0 Å². The fourth-order valence-electron chi connectivity index (χ4n) is 2.45. The van der Waals surface area contributed by atoms with Gasteiger partial charge in [-0.05, 0) is 31.9 Å². The van der Waals surface area contributed by atoms with Crippen LogP contribution >= 0.6 is 24.0 Å². The van der Waals surface area contributed by atoms with Crippen LogP contribution in [0.2, 0.25) is 0 Å². The number of aromatic nitrogens is 4. The summed E-state index contributed by atoms with van der Waals surface area (Å²) in [5.41, 5.74) is 4.73. The van der Waals surface area contributed by atoms with Crippen molar-refractivity contribution < 1.29 is 0 Å². The molecular weight excluding hydrogens is 405 g/mol. The summed E-state index contributed by atoms with van der Waals surface area (Å²) in [7, 11) is 5.69. The van der Waals surface area contributed by atoms with Crippen LogP contribution in [0.3, 0.4) is 0 Å². The third-order valence-electron chi connectivity index (χ3n) is 3.91. The lowest BCUT2D eigenvalue weighted by Gasteiger charge is -2.12. The minimum Gasteiger partial charge on any atom is -0.356 e. The summed E-state index contributed by atoms with van der Waals surface area (Å²) in [5.74, 6) is 0.792. The van der Waals surface area contributed by atoms with E-state index in [-0.39, 0.29) is 24.0 Å². The molecule has 2 aromatic rings. The minimum atomic E-state index is 0. The Labute approximate surface area is 154 Å². The quantitative estimate of drug-likeness (QED) is 0.426. The highest BCUT2D eigenvalue weighted by molar-refractivity contribution is 14.0. The summed E-state index contributed by atoms with van der Waals surface area (Å²) in [6, 6.07) is 1.99. The Balaban J connectivity index is 0.00000264. The van der Waals surface area contributed by atoms with Crippen molar-refractivity contribution in [1.82, 2.24) is 30.2 Å². The SMILES string of the molecule is CN=C(NCCc1c(C)nn(C)c1C)NCc1ccnn1C.I. The Morgan fingerprint density at radius 1 is 1.22 bits per heavy atom. The number of nitrogens with zero attached hydrogens (tertiary/aromatic N) is 5. The molecule has 2 N–H and O–H groups in total. The number of aliphatic imine (C=N–C) groups is 1. The highest BCUT2D eigenvalue weighted by Crippen LogP contribution is 2.11. The number of hydrogen-bond acceptors (Lipinski definition) is 3. The van der Waals surface area contributed by atoms with Crippen LogP contribution in [-0.2, 0) is 27.1 Å². The second-order valence-corrected chi connectivity index (χ2v) is 5.32. The topological polar surface area (TPSA) is 72.1 Å². The second-order valence-electron chi connectivity index (χ2n) is 5.32. The molecule has 0 aliphatic carbocycles. The van der Waals surface area contributed by atoms with Crippen LogP contribution in [0.15, 0.2) is 17.3 Å². The Morgan fingerprint density at radius 2 is 1.96 bits per heavy atom. The van der Waals surface area contributed by atoms with Gasteiger partial charge in [-0.25, -0.2) is 0 Å². The van der Waals surface area contributed by atoms with E-state index in [1.54, 1.807) is 13.2 Å². The van der Waals surface area contributed by atoms with Gasteiger partial charge >= 0.3 is 0 Å². The molecule has 0 aromatic carbocycles. The zero-order chi connectivity index (χ0) is 16.1. The van der Waals surface area contributed by atoms with Gasteiger partial charge in [0.15, 0.2) is 5.96 Å². The maximum absolute atomic E-state index is 4.44. The molecule has 2 rings (SSSR count). The van der Waals surface area contributed by atoms with Crippen molar-refractivity contribution in [2.45, 2.75) is 26.8 Å². The zero-order valence-electron chi connectivity index (χ0n) is 14.4. The molecule has 128 valence electrons. The van der Waals surface area contributed by atoms with E-state index >= 15 is 0 Å². The van der Waals surface area contributed by atoms with E-state index in [2.05, 4.69) is 39.7 Å². The average molecular weight is 431 g/mol. The van der Waals surface area contributed by atoms with Crippen molar-refractivity contribution in [1.29, 1.82) is 0 Å². The maximum atomic E-state index is 4.44. The molecule has 2 aromatic heterocycles. The Morgan fingerprint density at radius 3 is 2.48 bits per heavy atom. The first-order valence-electron chi connectivity index (χ1n) is 7.43. The molecule has 0 spiro atoms. The van der Waals surface area contributed by atoms with Gasteiger partial charge in [0.05, 0.1) is 17.9 Å². The number of rotatable bonds is 5. The lowest BCUT2D eigenvalue weighted by molar-refractivity contribution is 0.683. The van der Waals surface area contributed by atoms with E-state index in [1.807, 2.05) is 29.5 Å². The zero-order valence-corrected chi connectivity index (χ0v) is 16.8. The highest BCUT2D eigenvalue weighted by atomic mass is 127. The number of guanidine groups is 1. The molecule has 0 aliphatic rings. The first kappa shape index (κ1) is 19.5. The second kappa shape index (κ2) is 8.90. The van der Waals surface area contributed by atoms with Crippen LogP contribution in [0.5, 0.6) is 0 Å². The molecule has 8 heteroatoms. The van der Waals surface area contributed by atoms with Crippen LogP contribution in [-0.4, -0.2) is 39.1 Å². The lowest BCUT2D eigenvalue weighted by Crippen LogP contribution is -2.38. The monoisotopic (exact) mass is 431 g/mol. The van der Waals surface area contributed by atoms with Crippen molar-refractivity contribution >= 4 is 29.9 Å². The predicted molar refractivity (Wildman–Crippen MR) is 103 cm³/mol. The van der Waals surface area contributed by atoms with Gasteiger partial charge in [0.25, 0.3) is 0 Å². The molecular formula is C15H26IN7. The summed E-state index contributed by atoms with van der Waals surface area (Å²) >= 11 is 0. The van der Waals surface area contributed by atoms with Gasteiger partial charge in [0, 0.05) is 39.6 Å². The molecule has 0 fully saturated rings. The summed E-state index contributed by atoms with van der Waals surface area (Å²) in [5, 5.41) is 15.2.